The molecule has 1 aromatic heterocycles. The van der Waals surface area contributed by atoms with E-state index in [-0.39, 0.29) is 0 Å². The molecule has 6 nitrogen and oxygen atoms in total. The van der Waals surface area contributed by atoms with Gasteiger partial charge in [0.1, 0.15) is 5.82 Å². The minimum absolute atomic E-state index is 0.688. The highest BCUT2D eigenvalue weighted by atomic mass is 16.5. The number of para-hydroxylation sites is 1. The summed E-state index contributed by atoms with van der Waals surface area (Å²) in [6.45, 7) is 2.87. The minimum Gasteiger partial charge on any atom is -0.493 e. The molecular weight excluding hydrogens is 376 g/mol. The third kappa shape index (κ3) is 4.58. The fraction of sp³-hybridized carbons (Fsp3) is 0.417. The number of fused-ring (bicyclic) bond motifs is 1. The molecule has 4 rings (SSSR count). The third-order valence-electron chi connectivity index (χ3n) is 5.63. The molecule has 3 aromatic rings. The Morgan fingerprint density at radius 3 is 2.43 bits per heavy atom. The Morgan fingerprint density at radius 1 is 0.900 bits per heavy atom. The summed E-state index contributed by atoms with van der Waals surface area (Å²) in [5.41, 5.74) is 2.16. The van der Waals surface area contributed by atoms with E-state index in [1.54, 1.807) is 14.2 Å². The number of nitrogens with zero attached hydrogens (tertiary/aromatic N) is 3. The molecule has 0 unspecified atom stereocenters. The normalized spacial score (nSPS) is 14.4. The molecule has 1 N–H and O–H groups in total. The van der Waals surface area contributed by atoms with Crippen LogP contribution in [0.25, 0.3) is 10.9 Å². The van der Waals surface area contributed by atoms with Crippen molar-refractivity contribution in [3.63, 3.8) is 0 Å². The van der Waals surface area contributed by atoms with E-state index in [1.807, 2.05) is 18.2 Å². The van der Waals surface area contributed by atoms with Crippen molar-refractivity contribution in [2.45, 2.75) is 32.1 Å². The van der Waals surface area contributed by atoms with Gasteiger partial charge in [0.15, 0.2) is 11.5 Å². The van der Waals surface area contributed by atoms with E-state index < -0.39 is 0 Å². The second-order valence-electron chi connectivity index (χ2n) is 7.66. The van der Waals surface area contributed by atoms with Crippen LogP contribution in [0.2, 0.25) is 0 Å². The standard InChI is InChI=1S/C24H30N4O2/c1-29-21-12-11-18(17-22(21)30-2)13-14-25-24-26-20-10-6-5-9-19(20)23(27-24)28-15-7-3-4-8-16-28/h5-6,9-12,17H,3-4,7-8,13-16H2,1-2H3,(H,25,26,27). The highest BCUT2D eigenvalue weighted by Gasteiger charge is 2.16. The number of methoxy groups -OCH3 is 2. The molecular formula is C24H30N4O2. The van der Waals surface area contributed by atoms with Gasteiger partial charge in [-0.15, -0.1) is 0 Å². The quantitative estimate of drug-likeness (QED) is 0.615. The van der Waals surface area contributed by atoms with Gasteiger partial charge in [-0.25, -0.2) is 4.98 Å². The number of hydrogen-bond acceptors (Lipinski definition) is 6. The predicted molar refractivity (Wildman–Crippen MR) is 122 cm³/mol. The van der Waals surface area contributed by atoms with Crippen LogP contribution in [0.5, 0.6) is 11.5 Å². The van der Waals surface area contributed by atoms with Crippen molar-refractivity contribution < 1.29 is 9.47 Å². The summed E-state index contributed by atoms with van der Waals surface area (Å²) in [4.78, 5) is 12.1. The van der Waals surface area contributed by atoms with Crippen molar-refractivity contribution in [3.05, 3.63) is 48.0 Å². The Balaban J connectivity index is 1.51. The molecule has 2 heterocycles. The molecule has 1 aliphatic heterocycles. The number of rotatable bonds is 7. The van der Waals surface area contributed by atoms with E-state index in [9.17, 15) is 0 Å². The van der Waals surface area contributed by atoms with Gasteiger partial charge in [-0.3, -0.25) is 0 Å². The molecule has 1 saturated heterocycles. The van der Waals surface area contributed by atoms with E-state index in [1.165, 1.54) is 31.2 Å². The molecule has 0 saturated carbocycles. The van der Waals surface area contributed by atoms with E-state index in [4.69, 9.17) is 19.4 Å². The summed E-state index contributed by atoms with van der Waals surface area (Å²) in [5.74, 6) is 3.24. The molecule has 0 bridgehead atoms. The van der Waals surface area contributed by atoms with Gasteiger partial charge in [0.05, 0.1) is 19.7 Å². The van der Waals surface area contributed by atoms with Crippen molar-refractivity contribution in [3.8, 4) is 11.5 Å². The molecule has 0 atom stereocenters. The summed E-state index contributed by atoms with van der Waals surface area (Å²) in [5, 5.41) is 4.55. The van der Waals surface area contributed by atoms with Gasteiger partial charge >= 0.3 is 0 Å². The predicted octanol–water partition coefficient (Wildman–Crippen LogP) is 4.68. The van der Waals surface area contributed by atoms with Crippen molar-refractivity contribution in [2.75, 3.05) is 44.1 Å². The monoisotopic (exact) mass is 406 g/mol. The Bertz CT molecular complexity index is 984. The molecule has 2 aromatic carbocycles. The summed E-state index contributed by atoms with van der Waals surface area (Å²) < 4.78 is 10.7. The van der Waals surface area contributed by atoms with Crippen LogP contribution in [0.4, 0.5) is 11.8 Å². The molecule has 0 aliphatic carbocycles. The van der Waals surface area contributed by atoms with Gasteiger partial charge in [0, 0.05) is 25.0 Å². The number of hydrogen-bond donors (Lipinski definition) is 1. The van der Waals surface area contributed by atoms with Crippen molar-refractivity contribution >= 4 is 22.7 Å². The zero-order valence-electron chi connectivity index (χ0n) is 17.9. The zero-order valence-corrected chi connectivity index (χ0v) is 17.9. The number of anilines is 2. The fourth-order valence-corrected chi connectivity index (χ4v) is 4.02. The van der Waals surface area contributed by atoms with Gasteiger partial charge in [0.2, 0.25) is 5.95 Å². The molecule has 30 heavy (non-hydrogen) atoms. The van der Waals surface area contributed by atoms with Crippen molar-refractivity contribution in [2.24, 2.45) is 0 Å². The summed E-state index contributed by atoms with van der Waals surface area (Å²) >= 11 is 0. The first-order valence-electron chi connectivity index (χ1n) is 10.7. The van der Waals surface area contributed by atoms with Crippen molar-refractivity contribution in [1.82, 2.24) is 9.97 Å². The van der Waals surface area contributed by atoms with Crippen LogP contribution in [-0.4, -0.2) is 43.8 Å². The first kappa shape index (κ1) is 20.3. The minimum atomic E-state index is 0.688. The maximum absolute atomic E-state index is 5.41. The van der Waals surface area contributed by atoms with Crippen LogP contribution in [-0.2, 0) is 6.42 Å². The van der Waals surface area contributed by atoms with E-state index in [0.29, 0.717) is 5.95 Å². The highest BCUT2D eigenvalue weighted by Crippen LogP contribution is 2.29. The number of ether oxygens (including phenoxy) is 2. The van der Waals surface area contributed by atoms with Crippen LogP contribution in [0.3, 0.4) is 0 Å². The Kier molecular flexibility index (Phi) is 6.52. The van der Waals surface area contributed by atoms with Gasteiger partial charge in [-0.05, 0) is 49.1 Å². The second kappa shape index (κ2) is 9.65. The van der Waals surface area contributed by atoms with Gasteiger partial charge in [-0.1, -0.05) is 31.0 Å². The molecule has 0 spiro atoms. The summed E-state index contributed by atoms with van der Waals surface area (Å²) in [7, 11) is 3.31. The smallest absolute Gasteiger partial charge is 0.225 e. The molecule has 1 fully saturated rings. The average Bonchev–Trinajstić information content (AvgIpc) is 3.08. The molecule has 6 heteroatoms. The molecule has 0 amide bonds. The maximum atomic E-state index is 5.41. The number of benzene rings is 2. The molecule has 158 valence electrons. The topological polar surface area (TPSA) is 59.5 Å². The Morgan fingerprint density at radius 2 is 1.67 bits per heavy atom. The highest BCUT2D eigenvalue weighted by molar-refractivity contribution is 5.90. The number of nitrogens with one attached hydrogen (secondary N) is 1. The van der Waals surface area contributed by atoms with E-state index >= 15 is 0 Å². The molecule has 1 aliphatic rings. The Labute approximate surface area is 178 Å². The van der Waals surface area contributed by atoms with Crippen LogP contribution in [0.15, 0.2) is 42.5 Å². The van der Waals surface area contributed by atoms with E-state index in [0.717, 1.165) is 54.3 Å². The van der Waals surface area contributed by atoms with Gasteiger partial charge in [0.25, 0.3) is 0 Å². The fourth-order valence-electron chi connectivity index (χ4n) is 4.02. The lowest BCUT2D eigenvalue weighted by Crippen LogP contribution is -2.25. The van der Waals surface area contributed by atoms with Crippen LogP contribution in [0.1, 0.15) is 31.2 Å². The first-order valence-corrected chi connectivity index (χ1v) is 10.7. The maximum Gasteiger partial charge on any atom is 0.225 e. The van der Waals surface area contributed by atoms with Crippen LogP contribution >= 0.6 is 0 Å². The van der Waals surface area contributed by atoms with Gasteiger partial charge in [-0.2, -0.15) is 4.98 Å². The zero-order chi connectivity index (χ0) is 20.8. The summed E-state index contributed by atoms with van der Waals surface area (Å²) in [6.07, 6.45) is 5.89. The lowest BCUT2D eigenvalue weighted by atomic mass is 10.1. The SMILES string of the molecule is COc1ccc(CCNc2nc(N3CCCCCC3)c3ccccc3n2)cc1OC. The average molecular weight is 407 g/mol. The lowest BCUT2D eigenvalue weighted by molar-refractivity contribution is 0.354. The molecule has 0 radical (unpaired) electrons. The lowest BCUT2D eigenvalue weighted by Gasteiger charge is -2.23. The van der Waals surface area contributed by atoms with Crippen molar-refractivity contribution in [1.29, 1.82) is 0 Å². The first-order chi connectivity index (χ1) is 14.8. The Hall–Kier alpha value is -3.02. The van der Waals surface area contributed by atoms with E-state index in [2.05, 4.69) is 34.5 Å². The van der Waals surface area contributed by atoms with Crippen LogP contribution < -0.4 is 19.7 Å². The largest absolute Gasteiger partial charge is 0.493 e. The van der Waals surface area contributed by atoms with Crippen LogP contribution in [0, 0.1) is 0 Å². The summed E-state index contributed by atoms with van der Waals surface area (Å²) in [6, 6.07) is 14.3. The number of aromatic nitrogens is 2. The second-order valence-corrected chi connectivity index (χ2v) is 7.66. The van der Waals surface area contributed by atoms with Gasteiger partial charge < -0.3 is 19.7 Å². The third-order valence-corrected chi connectivity index (χ3v) is 5.63.